The van der Waals surface area contributed by atoms with Crippen LogP contribution in [0.5, 0.6) is 0 Å². The SMILES string of the molecule is COC(=O)c1cc(N(C)CC(C)C(N)=S)ccn1. The van der Waals surface area contributed by atoms with E-state index in [-0.39, 0.29) is 11.6 Å². The third-order valence-corrected chi connectivity index (χ3v) is 3.01. The molecule has 0 aliphatic carbocycles. The van der Waals surface area contributed by atoms with Gasteiger partial charge < -0.3 is 15.4 Å². The maximum atomic E-state index is 11.4. The van der Waals surface area contributed by atoms with Crippen molar-refractivity contribution in [2.45, 2.75) is 6.92 Å². The third-order valence-electron chi connectivity index (χ3n) is 2.61. The number of rotatable bonds is 5. The number of anilines is 1. The zero-order valence-electron chi connectivity index (χ0n) is 10.7. The first kappa shape index (κ1) is 14.4. The van der Waals surface area contributed by atoms with E-state index < -0.39 is 5.97 Å². The van der Waals surface area contributed by atoms with Crippen LogP contribution in [0.4, 0.5) is 5.69 Å². The second-order valence-corrected chi connectivity index (χ2v) is 4.55. The lowest BCUT2D eigenvalue weighted by atomic mass is 10.1. The van der Waals surface area contributed by atoms with Crippen molar-refractivity contribution in [1.29, 1.82) is 0 Å². The van der Waals surface area contributed by atoms with Crippen LogP contribution in [0, 0.1) is 5.92 Å². The number of hydrogen-bond acceptors (Lipinski definition) is 5. The maximum absolute atomic E-state index is 11.4. The summed E-state index contributed by atoms with van der Waals surface area (Å²) in [5.74, 6) is -0.354. The summed E-state index contributed by atoms with van der Waals surface area (Å²) in [4.78, 5) is 17.8. The number of pyridine rings is 1. The lowest BCUT2D eigenvalue weighted by Gasteiger charge is -2.23. The number of methoxy groups -OCH3 is 1. The Hall–Kier alpha value is -1.69. The molecule has 0 bridgehead atoms. The summed E-state index contributed by atoms with van der Waals surface area (Å²) >= 11 is 4.94. The molecule has 1 atom stereocenters. The van der Waals surface area contributed by atoms with Gasteiger partial charge in [0.2, 0.25) is 0 Å². The first-order chi connectivity index (χ1) is 8.45. The minimum atomic E-state index is -0.451. The fraction of sp³-hybridized carbons (Fsp3) is 0.417. The highest BCUT2D eigenvalue weighted by Gasteiger charge is 2.12. The van der Waals surface area contributed by atoms with Gasteiger partial charge in [-0.1, -0.05) is 19.1 Å². The Labute approximate surface area is 112 Å². The first-order valence-corrected chi connectivity index (χ1v) is 5.91. The molecule has 0 aliphatic heterocycles. The third kappa shape index (κ3) is 3.66. The van der Waals surface area contributed by atoms with Crippen LogP contribution in [0.25, 0.3) is 0 Å². The van der Waals surface area contributed by atoms with Crippen molar-refractivity contribution in [3.05, 3.63) is 24.0 Å². The predicted octanol–water partition coefficient (Wildman–Crippen LogP) is 1.23. The van der Waals surface area contributed by atoms with Gasteiger partial charge in [0, 0.05) is 31.4 Å². The molecule has 1 heterocycles. The summed E-state index contributed by atoms with van der Waals surface area (Å²) in [6, 6.07) is 3.50. The highest BCUT2D eigenvalue weighted by molar-refractivity contribution is 7.80. The van der Waals surface area contributed by atoms with E-state index in [9.17, 15) is 4.79 Å². The predicted molar refractivity (Wildman–Crippen MR) is 74.8 cm³/mol. The van der Waals surface area contributed by atoms with Crippen molar-refractivity contribution in [1.82, 2.24) is 4.98 Å². The van der Waals surface area contributed by atoms with Gasteiger partial charge in [0.05, 0.1) is 12.1 Å². The largest absolute Gasteiger partial charge is 0.464 e. The smallest absolute Gasteiger partial charge is 0.356 e. The Morgan fingerprint density at radius 2 is 2.33 bits per heavy atom. The molecule has 0 aliphatic rings. The molecule has 0 saturated heterocycles. The molecule has 0 amide bonds. The lowest BCUT2D eigenvalue weighted by Crippen LogP contribution is -2.31. The monoisotopic (exact) mass is 267 g/mol. The molecule has 0 fully saturated rings. The molecule has 1 aromatic heterocycles. The van der Waals surface area contributed by atoms with Crippen LogP contribution in [-0.2, 0) is 4.74 Å². The van der Waals surface area contributed by atoms with Crippen LogP contribution in [-0.4, -0.2) is 36.6 Å². The molecule has 0 spiro atoms. The van der Waals surface area contributed by atoms with Crippen molar-refractivity contribution in [3.8, 4) is 0 Å². The second-order valence-electron chi connectivity index (χ2n) is 4.07. The number of nitrogens with zero attached hydrogens (tertiary/aromatic N) is 2. The highest BCUT2D eigenvalue weighted by atomic mass is 32.1. The van der Waals surface area contributed by atoms with Gasteiger partial charge in [-0.15, -0.1) is 0 Å². The molecule has 0 aromatic carbocycles. The molecule has 0 radical (unpaired) electrons. The molecular formula is C12H17N3O2S. The molecule has 5 nitrogen and oxygen atoms in total. The number of thiocarbonyl (C=S) groups is 1. The molecule has 18 heavy (non-hydrogen) atoms. The van der Waals surface area contributed by atoms with Gasteiger partial charge in [0.15, 0.2) is 0 Å². The Balaban J connectivity index is 2.83. The Morgan fingerprint density at radius 3 is 2.89 bits per heavy atom. The summed E-state index contributed by atoms with van der Waals surface area (Å²) in [5.41, 5.74) is 6.73. The van der Waals surface area contributed by atoms with E-state index in [1.54, 1.807) is 12.3 Å². The fourth-order valence-corrected chi connectivity index (χ4v) is 1.55. The van der Waals surface area contributed by atoms with E-state index in [4.69, 9.17) is 18.0 Å². The van der Waals surface area contributed by atoms with Crippen molar-refractivity contribution in [2.24, 2.45) is 11.7 Å². The molecule has 1 aromatic rings. The fourth-order valence-electron chi connectivity index (χ4n) is 1.48. The summed E-state index contributed by atoms with van der Waals surface area (Å²) < 4.78 is 4.63. The van der Waals surface area contributed by atoms with Crippen molar-refractivity contribution < 1.29 is 9.53 Å². The van der Waals surface area contributed by atoms with Crippen LogP contribution in [0.2, 0.25) is 0 Å². The average molecular weight is 267 g/mol. The number of carbonyl (C=O) groups excluding carboxylic acids is 1. The highest BCUT2D eigenvalue weighted by Crippen LogP contribution is 2.15. The minimum absolute atomic E-state index is 0.0970. The number of nitrogens with two attached hydrogens (primary N) is 1. The van der Waals surface area contributed by atoms with Gasteiger partial charge in [0.1, 0.15) is 5.69 Å². The molecular weight excluding hydrogens is 250 g/mol. The van der Waals surface area contributed by atoms with Crippen molar-refractivity contribution in [3.63, 3.8) is 0 Å². The number of esters is 1. The van der Waals surface area contributed by atoms with Crippen molar-refractivity contribution >= 4 is 28.9 Å². The second kappa shape index (κ2) is 6.30. The van der Waals surface area contributed by atoms with Gasteiger partial charge in [-0.25, -0.2) is 9.78 Å². The van der Waals surface area contributed by atoms with Crippen LogP contribution < -0.4 is 10.6 Å². The van der Waals surface area contributed by atoms with Gasteiger partial charge in [-0.2, -0.15) is 0 Å². The van der Waals surface area contributed by atoms with Crippen molar-refractivity contribution in [2.75, 3.05) is 25.6 Å². The van der Waals surface area contributed by atoms with Gasteiger partial charge in [-0.3, -0.25) is 0 Å². The quantitative estimate of drug-likeness (QED) is 0.639. The lowest BCUT2D eigenvalue weighted by molar-refractivity contribution is 0.0594. The molecule has 0 saturated carbocycles. The normalized spacial score (nSPS) is 11.7. The summed E-state index contributed by atoms with van der Waals surface area (Å²) in [5, 5.41) is 0. The summed E-state index contributed by atoms with van der Waals surface area (Å²) in [7, 11) is 3.24. The maximum Gasteiger partial charge on any atom is 0.356 e. The summed E-state index contributed by atoms with van der Waals surface area (Å²) in [6.45, 7) is 2.64. The van der Waals surface area contributed by atoms with Gasteiger partial charge in [0.25, 0.3) is 0 Å². The van der Waals surface area contributed by atoms with E-state index in [1.807, 2.05) is 24.9 Å². The molecule has 2 N–H and O–H groups in total. The molecule has 98 valence electrons. The van der Waals surface area contributed by atoms with Gasteiger partial charge >= 0.3 is 5.97 Å². The van der Waals surface area contributed by atoms with E-state index in [1.165, 1.54) is 7.11 Å². The zero-order chi connectivity index (χ0) is 13.7. The Bertz CT molecular complexity index is 451. The molecule has 1 unspecified atom stereocenters. The Kier molecular flexibility index (Phi) is 5.03. The van der Waals surface area contributed by atoms with Crippen LogP contribution in [0.3, 0.4) is 0 Å². The van der Waals surface area contributed by atoms with Crippen LogP contribution in [0.1, 0.15) is 17.4 Å². The zero-order valence-corrected chi connectivity index (χ0v) is 11.5. The summed E-state index contributed by atoms with van der Waals surface area (Å²) in [6.07, 6.45) is 1.57. The van der Waals surface area contributed by atoms with E-state index in [0.29, 0.717) is 11.5 Å². The average Bonchev–Trinajstić information content (AvgIpc) is 2.37. The minimum Gasteiger partial charge on any atom is -0.464 e. The van der Waals surface area contributed by atoms with Gasteiger partial charge in [-0.05, 0) is 12.1 Å². The van der Waals surface area contributed by atoms with E-state index >= 15 is 0 Å². The molecule has 1 rings (SSSR count). The Morgan fingerprint density at radius 1 is 1.67 bits per heavy atom. The van der Waals surface area contributed by atoms with E-state index in [2.05, 4.69) is 9.72 Å². The number of hydrogen-bond donors (Lipinski definition) is 1. The van der Waals surface area contributed by atoms with Crippen LogP contribution >= 0.6 is 12.2 Å². The first-order valence-electron chi connectivity index (χ1n) is 5.50. The number of carbonyl (C=O) groups is 1. The van der Waals surface area contributed by atoms with E-state index in [0.717, 1.165) is 5.69 Å². The number of ether oxygens (including phenoxy) is 1. The topological polar surface area (TPSA) is 68.5 Å². The van der Waals surface area contributed by atoms with Crippen LogP contribution in [0.15, 0.2) is 18.3 Å². The number of aromatic nitrogens is 1. The standard InChI is InChI=1S/C12H17N3O2S/c1-8(11(13)18)7-15(2)9-4-5-14-10(6-9)12(16)17-3/h4-6,8H,7H2,1-3H3,(H2,13,18). The molecule has 6 heteroatoms.